The molecule has 1 fully saturated rings. The minimum atomic E-state index is -1.18. The Balaban J connectivity index is 2.93. The van der Waals surface area contributed by atoms with Crippen LogP contribution in [0.5, 0.6) is 0 Å². The Hall–Kier alpha value is -2.05. The summed E-state index contributed by atoms with van der Waals surface area (Å²) in [4.78, 5) is 34.4. The van der Waals surface area contributed by atoms with Crippen LogP contribution < -0.4 is 11.1 Å². The van der Waals surface area contributed by atoms with Crippen LogP contribution in [0.3, 0.4) is 0 Å². The van der Waals surface area contributed by atoms with Crippen LogP contribution >= 0.6 is 0 Å². The third-order valence-corrected chi connectivity index (χ3v) is 2.59. The fourth-order valence-electron chi connectivity index (χ4n) is 1.85. The summed E-state index contributed by atoms with van der Waals surface area (Å²) >= 11 is 0. The van der Waals surface area contributed by atoms with Gasteiger partial charge < -0.3 is 16.2 Å². The molecule has 0 radical (unpaired) electrons. The van der Waals surface area contributed by atoms with E-state index in [-0.39, 0.29) is 5.91 Å². The molecule has 0 aromatic carbocycles. The van der Waals surface area contributed by atoms with Crippen molar-refractivity contribution in [3.8, 4) is 0 Å². The number of hydrogen-bond acceptors (Lipinski definition) is 3. The summed E-state index contributed by atoms with van der Waals surface area (Å²) in [6, 6.07) is -1.36. The molecular formula is C11H17N3O4. The molecule has 0 saturated carbocycles. The summed E-state index contributed by atoms with van der Waals surface area (Å²) in [6.45, 7) is 5.09. The van der Waals surface area contributed by atoms with Crippen LogP contribution in [0.2, 0.25) is 0 Å². The first-order chi connectivity index (χ1) is 8.14. The van der Waals surface area contributed by atoms with Gasteiger partial charge in [0.1, 0.15) is 6.04 Å². The average molecular weight is 255 g/mol. The number of nitrogens with two attached hydrogens (primary N) is 1. The number of rotatable bonds is 3. The van der Waals surface area contributed by atoms with Crippen LogP contribution in [0.4, 0.5) is 4.79 Å². The quantitative estimate of drug-likeness (QED) is 0.473. The van der Waals surface area contributed by atoms with Gasteiger partial charge in [-0.1, -0.05) is 6.08 Å². The summed E-state index contributed by atoms with van der Waals surface area (Å²) in [5.41, 5.74) is 4.24. The smallest absolute Gasteiger partial charge is 0.408 e. The highest BCUT2D eigenvalue weighted by atomic mass is 16.4. The number of carbonyl (C=O) groups excluding carboxylic acids is 2. The third-order valence-electron chi connectivity index (χ3n) is 2.59. The fraction of sp³-hybridized carbons (Fsp3) is 0.545. The Kier molecular flexibility index (Phi) is 3.64. The molecule has 0 aromatic heterocycles. The molecular weight excluding hydrogens is 238 g/mol. The maximum atomic E-state index is 11.5. The van der Waals surface area contributed by atoms with Gasteiger partial charge in [-0.25, -0.2) is 4.79 Å². The highest BCUT2D eigenvalue weighted by Gasteiger charge is 2.48. The molecule has 1 aliphatic heterocycles. The van der Waals surface area contributed by atoms with Gasteiger partial charge in [-0.2, -0.15) is 0 Å². The molecule has 1 aliphatic rings. The molecule has 3 amide bonds. The van der Waals surface area contributed by atoms with E-state index in [0.29, 0.717) is 0 Å². The first-order valence-corrected chi connectivity index (χ1v) is 5.45. The molecule has 100 valence electrons. The molecule has 7 heteroatoms. The SMILES string of the molecule is CC(C)(C)N(C(=O)O)[C@H]1C(=O)N[C@@H]1C=CC(N)=O. The zero-order valence-corrected chi connectivity index (χ0v) is 10.5. The molecule has 7 nitrogen and oxygen atoms in total. The molecule has 4 N–H and O–H groups in total. The molecule has 0 aromatic rings. The van der Waals surface area contributed by atoms with Crippen LogP contribution in [-0.4, -0.2) is 45.5 Å². The lowest BCUT2D eigenvalue weighted by Crippen LogP contribution is -2.72. The summed E-state index contributed by atoms with van der Waals surface area (Å²) in [7, 11) is 0. The molecule has 0 bridgehead atoms. The molecule has 0 unspecified atom stereocenters. The first-order valence-electron chi connectivity index (χ1n) is 5.45. The van der Waals surface area contributed by atoms with Gasteiger partial charge in [0, 0.05) is 11.6 Å². The third kappa shape index (κ3) is 2.79. The second kappa shape index (κ2) is 4.67. The molecule has 0 aliphatic carbocycles. The molecule has 2 atom stereocenters. The molecule has 1 heterocycles. The Morgan fingerprint density at radius 2 is 2.00 bits per heavy atom. The zero-order valence-electron chi connectivity index (χ0n) is 10.5. The minimum Gasteiger partial charge on any atom is -0.465 e. The van der Waals surface area contributed by atoms with Crippen LogP contribution in [-0.2, 0) is 9.59 Å². The normalized spacial score (nSPS) is 23.4. The van der Waals surface area contributed by atoms with E-state index >= 15 is 0 Å². The van der Waals surface area contributed by atoms with Gasteiger partial charge in [0.25, 0.3) is 0 Å². The molecule has 1 rings (SSSR count). The summed E-state index contributed by atoms with van der Waals surface area (Å²) in [5, 5.41) is 11.7. The highest BCUT2D eigenvalue weighted by Crippen LogP contribution is 2.24. The number of carbonyl (C=O) groups is 3. The van der Waals surface area contributed by atoms with Crippen molar-refractivity contribution in [2.45, 2.75) is 38.4 Å². The number of primary amides is 1. The molecule has 18 heavy (non-hydrogen) atoms. The zero-order chi connectivity index (χ0) is 14.1. The Labute approximate surface area is 105 Å². The van der Waals surface area contributed by atoms with Crippen LogP contribution in [0.1, 0.15) is 20.8 Å². The van der Waals surface area contributed by atoms with E-state index in [0.717, 1.165) is 11.0 Å². The van der Waals surface area contributed by atoms with E-state index in [4.69, 9.17) is 5.73 Å². The number of amides is 3. The lowest BCUT2D eigenvalue weighted by atomic mass is 9.92. The predicted molar refractivity (Wildman–Crippen MR) is 63.7 cm³/mol. The van der Waals surface area contributed by atoms with Crippen molar-refractivity contribution in [1.82, 2.24) is 10.2 Å². The van der Waals surface area contributed by atoms with E-state index in [1.54, 1.807) is 20.8 Å². The summed E-state index contributed by atoms with van der Waals surface area (Å²) in [6.07, 6.45) is 1.33. The monoisotopic (exact) mass is 255 g/mol. The van der Waals surface area contributed by atoms with Gasteiger partial charge in [0.05, 0.1) is 6.04 Å². The van der Waals surface area contributed by atoms with Crippen LogP contribution in [0, 0.1) is 0 Å². The standard InChI is InChI=1S/C11H17N3O4/c1-11(2,3)14(10(17)18)8-6(13-9(8)16)4-5-7(12)15/h4-6,8H,1-3H3,(H2,12,15)(H,13,16)(H,17,18)/t6-,8-/m1/s1. The van der Waals surface area contributed by atoms with Gasteiger partial charge in [0.15, 0.2) is 0 Å². The Morgan fingerprint density at radius 3 is 2.33 bits per heavy atom. The lowest BCUT2D eigenvalue weighted by Gasteiger charge is -2.46. The maximum absolute atomic E-state index is 11.5. The molecule has 0 spiro atoms. The minimum absolute atomic E-state index is 0.383. The summed E-state index contributed by atoms with van der Waals surface area (Å²) in [5.74, 6) is -1.03. The number of carboxylic acid groups (broad SMARTS) is 1. The van der Waals surface area contributed by atoms with Crippen LogP contribution in [0.25, 0.3) is 0 Å². The maximum Gasteiger partial charge on any atom is 0.408 e. The van der Waals surface area contributed by atoms with Gasteiger partial charge in [-0.05, 0) is 20.8 Å². The summed E-state index contributed by atoms with van der Waals surface area (Å²) < 4.78 is 0. The van der Waals surface area contributed by atoms with E-state index in [1.807, 2.05) is 0 Å². The van der Waals surface area contributed by atoms with Gasteiger partial charge in [0.2, 0.25) is 11.8 Å². The van der Waals surface area contributed by atoms with Gasteiger partial charge >= 0.3 is 6.09 Å². The fourth-order valence-corrected chi connectivity index (χ4v) is 1.85. The Morgan fingerprint density at radius 1 is 1.44 bits per heavy atom. The van der Waals surface area contributed by atoms with E-state index in [2.05, 4.69) is 5.32 Å². The number of β-lactam (4-membered cyclic amide) rings is 1. The lowest BCUT2D eigenvalue weighted by molar-refractivity contribution is -0.137. The van der Waals surface area contributed by atoms with Crippen LogP contribution in [0.15, 0.2) is 12.2 Å². The van der Waals surface area contributed by atoms with Crippen molar-refractivity contribution < 1.29 is 19.5 Å². The van der Waals surface area contributed by atoms with Crippen molar-refractivity contribution in [2.75, 3.05) is 0 Å². The predicted octanol–water partition coefficient (Wildman–Crippen LogP) is -0.327. The average Bonchev–Trinajstić information content (AvgIpc) is 2.17. The van der Waals surface area contributed by atoms with Gasteiger partial charge in [-0.3, -0.25) is 14.5 Å². The van der Waals surface area contributed by atoms with E-state index < -0.39 is 29.6 Å². The van der Waals surface area contributed by atoms with Crippen molar-refractivity contribution in [2.24, 2.45) is 5.73 Å². The van der Waals surface area contributed by atoms with Crippen molar-refractivity contribution in [3.63, 3.8) is 0 Å². The largest absolute Gasteiger partial charge is 0.465 e. The number of nitrogens with zero attached hydrogens (tertiary/aromatic N) is 1. The molecule has 1 saturated heterocycles. The second-order valence-corrected chi connectivity index (χ2v) is 5.06. The first kappa shape index (κ1) is 14.0. The topological polar surface area (TPSA) is 113 Å². The van der Waals surface area contributed by atoms with Crippen molar-refractivity contribution in [3.05, 3.63) is 12.2 Å². The van der Waals surface area contributed by atoms with Crippen molar-refractivity contribution in [1.29, 1.82) is 0 Å². The highest BCUT2D eigenvalue weighted by molar-refractivity contribution is 5.94. The number of nitrogens with one attached hydrogen (secondary N) is 1. The van der Waals surface area contributed by atoms with E-state index in [1.165, 1.54) is 6.08 Å². The van der Waals surface area contributed by atoms with Gasteiger partial charge in [-0.15, -0.1) is 0 Å². The van der Waals surface area contributed by atoms with E-state index in [9.17, 15) is 19.5 Å². The second-order valence-electron chi connectivity index (χ2n) is 5.06. The Bertz CT molecular complexity index is 411. The number of hydrogen-bond donors (Lipinski definition) is 3. The van der Waals surface area contributed by atoms with Crippen molar-refractivity contribution >= 4 is 17.9 Å².